The molecule has 1 aromatic heterocycles. The zero-order valence-electron chi connectivity index (χ0n) is 11.9. The molecule has 0 saturated carbocycles. The minimum Gasteiger partial charge on any atom is -0.351 e. The number of nitrogens with zero attached hydrogens (tertiary/aromatic N) is 4. The van der Waals surface area contributed by atoms with Crippen molar-refractivity contribution < 1.29 is 0 Å². The van der Waals surface area contributed by atoms with Gasteiger partial charge in [-0.25, -0.2) is 0 Å². The summed E-state index contributed by atoms with van der Waals surface area (Å²) in [5.41, 5.74) is 0. The lowest BCUT2D eigenvalue weighted by Crippen LogP contribution is -2.32. The predicted molar refractivity (Wildman–Crippen MR) is 78.8 cm³/mol. The summed E-state index contributed by atoms with van der Waals surface area (Å²) in [4.78, 5) is 15.1. The van der Waals surface area contributed by atoms with Crippen LogP contribution in [-0.4, -0.2) is 34.1 Å². The lowest BCUT2D eigenvalue weighted by Gasteiger charge is -2.27. The zero-order chi connectivity index (χ0) is 13.8. The van der Waals surface area contributed by atoms with Crippen molar-refractivity contribution in [3.8, 4) is 0 Å². The second kappa shape index (κ2) is 6.37. The van der Waals surface area contributed by atoms with Crippen LogP contribution in [0.3, 0.4) is 0 Å². The molecule has 0 bridgehead atoms. The fraction of sp³-hybridized carbons (Fsp3) is 0.769. The van der Waals surface area contributed by atoms with E-state index in [0.29, 0.717) is 23.9 Å². The molecule has 1 aromatic rings. The van der Waals surface area contributed by atoms with Gasteiger partial charge < -0.3 is 10.2 Å². The Bertz CT molecular complexity index is 417. The highest BCUT2D eigenvalue weighted by Crippen LogP contribution is 2.19. The Morgan fingerprint density at radius 3 is 2.37 bits per heavy atom. The van der Waals surface area contributed by atoms with Gasteiger partial charge in [-0.1, -0.05) is 13.8 Å². The van der Waals surface area contributed by atoms with Gasteiger partial charge in [-0.15, -0.1) is 0 Å². The molecule has 1 unspecified atom stereocenters. The second-order valence-electron chi connectivity index (χ2n) is 5.45. The maximum Gasteiger partial charge on any atom is 0.231 e. The van der Waals surface area contributed by atoms with E-state index in [1.54, 1.807) is 0 Å². The Hall–Kier alpha value is -1.10. The van der Waals surface area contributed by atoms with E-state index in [4.69, 9.17) is 11.6 Å². The number of hydrogen-bond acceptors (Lipinski definition) is 5. The number of halogens is 1. The van der Waals surface area contributed by atoms with Crippen molar-refractivity contribution in [3.05, 3.63) is 5.28 Å². The van der Waals surface area contributed by atoms with Gasteiger partial charge in [-0.05, 0) is 43.7 Å². The third kappa shape index (κ3) is 3.93. The van der Waals surface area contributed by atoms with Crippen LogP contribution in [0.2, 0.25) is 5.28 Å². The van der Waals surface area contributed by atoms with Crippen molar-refractivity contribution in [3.63, 3.8) is 0 Å². The SMILES string of the molecule is CC(C)C(C)Nc1nc(Cl)nc(N2CCCCC2)n1. The van der Waals surface area contributed by atoms with E-state index >= 15 is 0 Å². The largest absolute Gasteiger partial charge is 0.351 e. The summed E-state index contributed by atoms with van der Waals surface area (Å²) in [5, 5.41) is 3.55. The molecule has 0 aromatic carbocycles. The molecule has 0 spiro atoms. The lowest BCUT2D eigenvalue weighted by molar-refractivity contribution is 0.552. The summed E-state index contributed by atoms with van der Waals surface area (Å²) in [6.07, 6.45) is 3.66. The van der Waals surface area contributed by atoms with Crippen LogP contribution < -0.4 is 10.2 Å². The molecule has 0 amide bonds. The van der Waals surface area contributed by atoms with Crippen LogP contribution in [0.15, 0.2) is 0 Å². The standard InChI is InChI=1S/C13H22ClN5/c1-9(2)10(3)15-12-16-11(14)17-13(18-12)19-7-5-4-6-8-19/h9-10H,4-8H2,1-3H3,(H,15,16,17,18). The zero-order valence-corrected chi connectivity index (χ0v) is 12.6. The number of hydrogen-bond donors (Lipinski definition) is 1. The summed E-state index contributed by atoms with van der Waals surface area (Å²) in [5.74, 6) is 1.77. The summed E-state index contributed by atoms with van der Waals surface area (Å²) >= 11 is 6.00. The summed E-state index contributed by atoms with van der Waals surface area (Å²) in [6.45, 7) is 8.43. The van der Waals surface area contributed by atoms with E-state index in [9.17, 15) is 0 Å². The van der Waals surface area contributed by atoms with Gasteiger partial charge in [0.05, 0.1) is 0 Å². The van der Waals surface area contributed by atoms with Crippen LogP contribution in [0.1, 0.15) is 40.0 Å². The Morgan fingerprint density at radius 1 is 1.05 bits per heavy atom. The van der Waals surface area contributed by atoms with E-state index in [1.807, 2.05) is 0 Å². The van der Waals surface area contributed by atoms with E-state index in [0.717, 1.165) is 13.1 Å². The van der Waals surface area contributed by atoms with Crippen molar-refractivity contribution in [1.82, 2.24) is 15.0 Å². The van der Waals surface area contributed by atoms with Gasteiger partial charge in [0.25, 0.3) is 0 Å². The van der Waals surface area contributed by atoms with Crippen LogP contribution in [0.5, 0.6) is 0 Å². The van der Waals surface area contributed by atoms with E-state index in [1.165, 1.54) is 19.3 Å². The first kappa shape index (κ1) is 14.3. The molecule has 106 valence electrons. The first-order valence-corrected chi connectivity index (χ1v) is 7.37. The van der Waals surface area contributed by atoms with Crippen molar-refractivity contribution in [2.45, 2.75) is 46.1 Å². The number of anilines is 2. The molecular weight excluding hydrogens is 262 g/mol. The minimum atomic E-state index is 0.258. The maximum absolute atomic E-state index is 6.00. The molecule has 2 heterocycles. The average Bonchev–Trinajstić information content (AvgIpc) is 2.39. The van der Waals surface area contributed by atoms with Crippen molar-refractivity contribution >= 4 is 23.5 Å². The molecule has 1 N–H and O–H groups in total. The molecule has 1 saturated heterocycles. The van der Waals surface area contributed by atoms with Crippen molar-refractivity contribution in [2.75, 3.05) is 23.3 Å². The van der Waals surface area contributed by atoms with E-state index < -0.39 is 0 Å². The van der Waals surface area contributed by atoms with Crippen LogP contribution in [0.4, 0.5) is 11.9 Å². The monoisotopic (exact) mass is 283 g/mol. The maximum atomic E-state index is 6.00. The fourth-order valence-corrected chi connectivity index (χ4v) is 2.17. The topological polar surface area (TPSA) is 53.9 Å². The number of rotatable bonds is 4. The van der Waals surface area contributed by atoms with Crippen LogP contribution in [-0.2, 0) is 0 Å². The Morgan fingerprint density at radius 2 is 1.74 bits per heavy atom. The van der Waals surface area contributed by atoms with Gasteiger partial charge in [0.2, 0.25) is 17.2 Å². The lowest BCUT2D eigenvalue weighted by atomic mass is 10.1. The van der Waals surface area contributed by atoms with Gasteiger partial charge >= 0.3 is 0 Å². The van der Waals surface area contributed by atoms with Crippen LogP contribution in [0.25, 0.3) is 0 Å². The third-order valence-electron chi connectivity index (χ3n) is 3.59. The van der Waals surface area contributed by atoms with Crippen molar-refractivity contribution in [2.24, 2.45) is 5.92 Å². The van der Waals surface area contributed by atoms with E-state index in [-0.39, 0.29) is 5.28 Å². The molecule has 2 rings (SSSR count). The summed E-state index contributed by atoms with van der Waals surface area (Å²) in [6, 6.07) is 0.299. The molecule has 1 aliphatic heterocycles. The van der Waals surface area contributed by atoms with Gasteiger partial charge in [0.15, 0.2) is 0 Å². The number of piperidine rings is 1. The first-order valence-electron chi connectivity index (χ1n) is 6.99. The number of aromatic nitrogens is 3. The van der Waals surface area contributed by atoms with Gasteiger partial charge in [-0.3, -0.25) is 0 Å². The predicted octanol–water partition coefficient (Wildman–Crippen LogP) is 2.97. The third-order valence-corrected chi connectivity index (χ3v) is 3.76. The first-order chi connectivity index (χ1) is 9.06. The average molecular weight is 284 g/mol. The minimum absolute atomic E-state index is 0.258. The molecule has 0 aliphatic carbocycles. The highest BCUT2D eigenvalue weighted by Gasteiger charge is 2.17. The molecule has 19 heavy (non-hydrogen) atoms. The molecule has 1 aliphatic rings. The highest BCUT2D eigenvalue weighted by molar-refractivity contribution is 6.28. The normalized spacial score (nSPS) is 17.6. The quantitative estimate of drug-likeness (QED) is 0.921. The fourth-order valence-electron chi connectivity index (χ4n) is 2.01. The summed E-state index contributed by atoms with van der Waals surface area (Å²) < 4.78 is 0. The smallest absolute Gasteiger partial charge is 0.231 e. The number of nitrogens with one attached hydrogen (secondary N) is 1. The van der Waals surface area contributed by atoms with Gasteiger partial charge in [-0.2, -0.15) is 15.0 Å². The van der Waals surface area contributed by atoms with Crippen LogP contribution >= 0.6 is 11.6 Å². The Kier molecular flexibility index (Phi) is 4.80. The Balaban J connectivity index is 2.14. The Labute approximate surface area is 119 Å². The molecule has 1 atom stereocenters. The molecular formula is C13H22ClN5. The second-order valence-corrected chi connectivity index (χ2v) is 5.79. The molecule has 1 fully saturated rings. The molecule has 5 nitrogen and oxygen atoms in total. The molecule has 6 heteroatoms. The summed E-state index contributed by atoms with van der Waals surface area (Å²) in [7, 11) is 0. The van der Waals surface area contributed by atoms with Crippen LogP contribution in [0, 0.1) is 5.92 Å². The van der Waals surface area contributed by atoms with Gasteiger partial charge in [0, 0.05) is 19.1 Å². The van der Waals surface area contributed by atoms with Crippen molar-refractivity contribution in [1.29, 1.82) is 0 Å². The highest BCUT2D eigenvalue weighted by atomic mass is 35.5. The van der Waals surface area contributed by atoms with Gasteiger partial charge in [0.1, 0.15) is 0 Å². The molecule has 0 radical (unpaired) electrons. The van der Waals surface area contributed by atoms with E-state index in [2.05, 4.69) is 45.9 Å².